The van der Waals surface area contributed by atoms with Gasteiger partial charge in [-0.25, -0.2) is 4.98 Å². The molecule has 1 aliphatic rings. The number of carbonyl (C=O) groups is 1. The van der Waals surface area contributed by atoms with Gasteiger partial charge in [0.05, 0.1) is 18.4 Å². The number of rotatable bonds is 3. The van der Waals surface area contributed by atoms with Crippen molar-refractivity contribution in [2.45, 2.75) is 32.9 Å². The van der Waals surface area contributed by atoms with E-state index in [1.807, 2.05) is 12.3 Å². The Hall–Kier alpha value is -1.47. The zero-order chi connectivity index (χ0) is 16.4. The topological polar surface area (TPSA) is 63.2 Å². The van der Waals surface area contributed by atoms with Crippen molar-refractivity contribution < 1.29 is 9.53 Å². The molecule has 0 saturated carbocycles. The van der Waals surface area contributed by atoms with Gasteiger partial charge in [-0.1, -0.05) is 23.8 Å². The fourth-order valence-electron chi connectivity index (χ4n) is 2.77. The molecule has 1 aromatic carbocycles. The van der Waals surface area contributed by atoms with Crippen LogP contribution in [-0.2, 0) is 9.53 Å². The molecule has 0 radical (unpaired) electrons. The summed E-state index contributed by atoms with van der Waals surface area (Å²) in [7, 11) is 0. The van der Waals surface area contributed by atoms with Crippen LogP contribution in [0.25, 0.3) is 11.3 Å². The minimum Gasteiger partial charge on any atom is -0.375 e. The highest BCUT2D eigenvalue weighted by molar-refractivity contribution is 7.14. The van der Waals surface area contributed by atoms with Crippen molar-refractivity contribution in [1.82, 2.24) is 10.3 Å². The predicted molar refractivity (Wildman–Crippen MR) is 100 cm³/mol. The summed E-state index contributed by atoms with van der Waals surface area (Å²) in [6.07, 6.45) is -0.137. The molecule has 1 aromatic heterocycles. The van der Waals surface area contributed by atoms with Gasteiger partial charge < -0.3 is 15.4 Å². The Labute approximate surface area is 152 Å². The molecule has 5 nitrogen and oxygen atoms in total. The maximum Gasteiger partial charge on any atom is 0.245 e. The summed E-state index contributed by atoms with van der Waals surface area (Å²) in [6.45, 7) is 7.38. The molecule has 1 aliphatic heterocycles. The van der Waals surface area contributed by atoms with Crippen LogP contribution in [0.4, 0.5) is 5.13 Å². The first-order chi connectivity index (χ1) is 11.0. The smallest absolute Gasteiger partial charge is 0.245 e. The number of hydrogen-bond donors (Lipinski definition) is 2. The first-order valence-corrected chi connectivity index (χ1v) is 8.61. The van der Waals surface area contributed by atoms with Gasteiger partial charge >= 0.3 is 0 Å². The minimum absolute atomic E-state index is 0. The number of aromatic nitrogens is 1. The lowest BCUT2D eigenvalue weighted by Crippen LogP contribution is -2.53. The number of morpholine rings is 1. The summed E-state index contributed by atoms with van der Waals surface area (Å²) in [4.78, 5) is 16.9. The number of nitrogens with one attached hydrogen (secondary N) is 2. The largest absolute Gasteiger partial charge is 0.375 e. The molecule has 130 valence electrons. The Morgan fingerprint density at radius 3 is 2.92 bits per heavy atom. The van der Waals surface area contributed by atoms with Gasteiger partial charge in [0.2, 0.25) is 5.91 Å². The van der Waals surface area contributed by atoms with Crippen molar-refractivity contribution in [2.75, 3.05) is 18.5 Å². The Morgan fingerprint density at radius 1 is 1.42 bits per heavy atom. The molecule has 0 unspecified atom stereocenters. The molecule has 1 fully saturated rings. The molecular weight excluding hydrogens is 346 g/mol. The number of nitrogens with zero attached hydrogens (tertiary/aromatic N) is 1. The molecule has 7 heteroatoms. The fraction of sp³-hybridized carbons (Fsp3) is 0.412. The van der Waals surface area contributed by atoms with E-state index in [4.69, 9.17) is 4.74 Å². The maximum absolute atomic E-state index is 12.3. The van der Waals surface area contributed by atoms with Crippen LogP contribution < -0.4 is 10.6 Å². The summed E-state index contributed by atoms with van der Waals surface area (Å²) < 4.78 is 5.51. The van der Waals surface area contributed by atoms with Crippen molar-refractivity contribution in [3.8, 4) is 11.3 Å². The van der Waals surface area contributed by atoms with E-state index in [9.17, 15) is 4.79 Å². The molecule has 2 atom stereocenters. The van der Waals surface area contributed by atoms with E-state index in [-0.39, 0.29) is 30.5 Å². The molecule has 0 aliphatic carbocycles. The number of benzene rings is 1. The molecule has 0 bridgehead atoms. The van der Waals surface area contributed by atoms with E-state index in [0.29, 0.717) is 18.3 Å². The summed E-state index contributed by atoms with van der Waals surface area (Å²) in [6, 6.07) is 5.95. The van der Waals surface area contributed by atoms with Crippen LogP contribution in [0.3, 0.4) is 0 Å². The van der Waals surface area contributed by atoms with E-state index in [1.54, 1.807) is 0 Å². The number of ether oxygens (including phenoxy) is 1. The zero-order valence-corrected chi connectivity index (χ0v) is 15.6. The minimum atomic E-state index is -0.336. The molecule has 2 heterocycles. The van der Waals surface area contributed by atoms with Crippen molar-refractivity contribution in [2.24, 2.45) is 0 Å². The van der Waals surface area contributed by atoms with E-state index in [2.05, 4.69) is 47.7 Å². The van der Waals surface area contributed by atoms with Crippen LogP contribution in [0.5, 0.6) is 0 Å². The first kappa shape index (κ1) is 18.9. The molecule has 1 amide bonds. The third kappa shape index (κ3) is 4.13. The van der Waals surface area contributed by atoms with E-state index >= 15 is 0 Å². The van der Waals surface area contributed by atoms with E-state index < -0.39 is 0 Å². The Kier molecular flexibility index (Phi) is 6.34. The SMILES string of the molecule is Cc1ccc(-c2csc(NC(=O)[C@H]3NCCO[C@@H]3C)n2)c(C)c1.Cl. The molecule has 2 N–H and O–H groups in total. The van der Waals surface area contributed by atoms with Crippen LogP contribution in [0.2, 0.25) is 0 Å². The van der Waals surface area contributed by atoms with Crippen LogP contribution in [0.15, 0.2) is 23.6 Å². The second-order valence-corrected chi connectivity index (χ2v) is 6.71. The highest BCUT2D eigenvalue weighted by Gasteiger charge is 2.28. The lowest BCUT2D eigenvalue weighted by molar-refractivity contribution is -0.123. The van der Waals surface area contributed by atoms with Gasteiger partial charge in [0.15, 0.2) is 5.13 Å². The summed E-state index contributed by atoms with van der Waals surface area (Å²) in [5.74, 6) is -0.0984. The van der Waals surface area contributed by atoms with Gasteiger partial charge in [0, 0.05) is 17.5 Å². The number of anilines is 1. The monoisotopic (exact) mass is 367 g/mol. The molecular formula is C17H22ClN3O2S. The molecule has 1 saturated heterocycles. The Morgan fingerprint density at radius 2 is 2.21 bits per heavy atom. The lowest BCUT2D eigenvalue weighted by Gasteiger charge is -2.28. The van der Waals surface area contributed by atoms with Gasteiger partial charge in [-0.05, 0) is 26.3 Å². The van der Waals surface area contributed by atoms with Gasteiger partial charge in [0.1, 0.15) is 6.04 Å². The van der Waals surface area contributed by atoms with Crippen LogP contribution in [0, 0.1) is 13.8 Å². The van der Waals surface area contributed by atoms with E-state index in [1.165, 1.54) is 22.5 Å². The van der Waals surface area contributed by atoms with Crippen molar-refractivity contribution >= 4 is 34.8 Å². The Balaban J connectivity index is 0.00000208. The number of hydrogen-bond acceptors (Lipinski definition) is 5. The highest BCUT2D eigenvalue weighted by Crippen LogP contribution is 2.28. The average Bonchev–Trinajstić information content (AvgIpc) is 2.95. The van der Waals surface area contributed by atoms with Crippen molar-refractivity contribution in [1.29, 1.82) is 0 Å². The second kappa shape index (κ2) is 8.07. The maximum atomic E-state index is 12.3. The zero-order valence-electron chi connectivity index (χ0n) is 14.0. The summed E-state index contributed by atoms with van der Waals surface area (Å²) in [5.41, 5.74) is 4.40. The fourth-order valence-corrected chi connectivity index (χ4v) is 3.48. The van der Waals surface area contributed by atoms with Crippen molar-refractivity contribution in [3.63, 3.8) is 0 Å². The number of carbonyl (C=O) groups excluding carboxylic acids is 1. The van der Waals surface area contributed by atoms with Crippen LogP contribution in [-0.4, -0.2) is 36.2 Å². The summed E-state index contributed by atoms with van der Waals surface area (Å²) >= 11 is 1.44. The van der Waals surface area contributed by atoms with Gasteiger partial charge in [0.25, 0.3) is 0 Å². The second-order valence-electron chi connectivity index (χ2n) is 5.85. The third-order valence-corrected chi connectivity index (χ3v) is 4.75. The molecule has 0 spiro atoms. The molecule has 2 aromatic rings. The summed E-state index contributed by atoms with van der Waals surface area (Å²) in [5, 5.41) is 8.66. The van der Waals surface area contributed by atoms with Gasteiger partial charge in [-0.3, -0.25) is 4.79 Å². The number of aryl methyl sites for hydroxylation is 2. The lowest BCUT2D eigenvalue weighted by atomic mass is 10.0. The predicted octanol–water partition coefficient (Wildman–Crippen LogP) is 3.16. The highest BCUT2D eigenvalue weighted by atomic mass is 35.5. The average molecular weight is 368 g/mol. The van der Waals surface area contributed by atoms with Crippen LogP contribution in [0.1, 0.15) is 18.1 Å². The third-order valence-electron chi connectivity index (χ3n) is 3.99. The van der Waals surface area contributed by atoms with Crippen LogP contribution >= 0.6 is 23.7 Å². The quantitative estimate of drug-likeness (QED) is 0.874. The molecule has 3 rings (SSSR count). The normalized spacial score (nSPS) is 20.3. The number of halogens is 1. The molecule has 24 heavy (non-hydrogen) atoms. The Bertz CT molecular complexity index is 720. The van der Waals surface area contributed by atoms with Gasteiger partial charge in [-0.15, -0.1) is 23.7 Å². The number of amides is 1. The standard InChI is InChI=1S/C17H21N3O2S.ClH/c1-10-4-5-13(11(2)8-10)14-9-23-17(19-14)20-16(21)15-12(3)22-7-6-18-15;/h4-5,8-9,12,15,18H,6-7H2,1-3H3,(H,19,20,21);1H/t12-,15+;/m1./s1. The van der Waals surface area contributed by atoms with Crippen molar-refractivity contribution in [3.05, 3.63) is 34.7 Å². The number of thiazole rings is 1. The van der Waals surface area contributed by atoms with Gasteiger partial charge in [-0.2, -0.15) is 0 Å². The first-order valence-electron chi connectivity index (χ1n) is 7.73. The van der Waals surface area contributed by atoms with E-state index in [0.717, 1.165) is 11.3 Å².